The molecular weight excluding hydrogens is 683 g/mol. The number of carbonyl (C=O) groups excluding carboxylic acids is 3. The number of hydrogen-bond acceptors (Lipinski definition) is 3. The van der Waals surface area contributed by atoms with Gasteiger partial charge in [0.1, 0.15) is 5.82 Å². The molecule has 50 heavy (non-hydrogen) atoms. The van der Waals surface area contributed by atoms with Crippen LogP contribution in [-0.2, 0) is 21.9 Å². The number of likely N-dealkylation sites (N-methyl/N-ethyl adjacent to an activating group) is 1. The van der Waals surface area contributed by atoms with E-state index in [2.05, 4.69) is 0 Å². The molecule has 7 nitrogen and oxygen atoms in total. The van der Waals surface area contributed by atoms with Gasteiger partial charge >= 0.3 is 18.4 Å². The van der Waals surface area contributed by atoms with Crippen LogP contribution in [0.5, 0.6) is 0 Å². The van der Waals surface area contributed by atoms with Crippen LogP contribution in [-0.4, -0.2) is 84.8 Å². The highest BCUT2D eigenvalue weighted by Gasteiger charge is 2.44. The topological polar surface area (TPSA) is 64.2 Å². The van der Waals surface area contributed by atoms with Crippen LogP contribution < -0.4 is 4.90 Å². The Morgan fingerprint density at radius 1 is 0.740 bits per heavy atom. The van der Waals surface area contributed by atoms with Gasteiger partial charge in [0.2, 0.25) is 11.8 Å². The lowest BCUT2D eigenvalue weighted by molar-refractivity contribution is -0.145. The number of nitrogens with zero attached hydrogens (tertiary/aromatic N) is 4. The van der Waals surface area contributed by atoms with Gasteiger partial charge in [0.05, 0.1) is 17.2 Å². The van der Waals surface area contributed by atoms with Crippen molar-refractivity contribution in [3.63, 3.8) is 0 Å². The molecule has 0 spiro atoms. The van der Waals surface area contributed by atoms with E-state index in [0.29, 0.717) is 48.3 Å². The summed E-state index contributed by atoms with van der Waals surface area (Å²) >= 11 is 0. The first-order valence-corrected chi connectivity index (χ1v) is 16.3. The molecule has 0 bridgehead atoms. The van der Waals surface area contributed by atoms with E-state index in [1.165, 1.54) is 41.1 Å². The zero-order valence-electron chi connectivity index (χ0n) is 27.3. The summed E-state index contributed by atoms with van der Waals surface area (Å²) in [6.45, 7) is 0.0277. The molecule has 0 aromatic heterocycles. The van der Waals surface area contributed by atoms with Gasteiger partial charge in [-0.15, -0.1) is 0 Å². The van der Waals surface area contributed by atoms with Gasteiger partial charge in [-0.1, -0.05) is 12.1 Å². The average Bonchev–Trinajstić information content (AvgIpc) is 3.51. The summed E-state index contributed by atoms with van der Waals surface area (Å²) in [7, 11) is 2.38. The van der Waals surface area contributed by atoms with Crippen molar-refractivity contribution >= 4 is 23.5 Å². The Kier molecular flexibility index (Phi) is 10.4. The van der Waals surface area contributed by atoms with E-state index >= 15 is 0 Å². The maximum Gasteiger partial charge on any atom is 0.416 e. The number of likely N-dealkylation sites (tertiary alicyclic amines) is 2. The van der Waals surface area contributed by atoms with Gasteiger partial charge in [-0.25, -0.2) is 18.0 Å². The minimum Gasteiger partial charge on any atom is -0.342 e. The van der Waals surface area contributed by atoms with Crippen LogP contribution in [0.2, 0.25) is 0 Å². The van der Waals surface area contributed by atoms with Crippen LogP contribution in [0.4, 0.5) is 50.0 Å². The maximum absolute atomic E-state index is 13.8. The molecule has 2 heterocycles. The normalized spacial score (nSPS) is 24.2. The number of piperidine rings is 1. The fourth-order valence-corrected chi connectivity index (χ4v) is 7.18. The fourth-order valence-electron chi connectivity index (χ4n) is 7.18. The summed E-state index contributed by atoms with van der Waals surface area (Å²) in [4.78, 5) is 45.3. The van der Waals surface area contributed by atoms with Crippen LogP contribution >= 0.6 is 0 Å². The molecule has 2 saturated heterocycles. The number of benzene rings is 2. The first-order valence-electron chi connectivity index (χ1n) is 16.3. The van der Waals surface area contributed by atoms with Crippen molar-refractivity contribution < 1.29 is 53.9 Å². The van der Waals surface area contributed by atoms with Gasteiger partial charge in [-0.3, -0.25) is 14.5 Å². The molecule has 2 aromatic carbocycles. The Balaban J connectivity index is 1.31. The first kappa shape index (κ1) is 37.3. The predicted molar refractivity (Wildman–Crippen MR) is 164 cm³/mol. The van der Waals surface area contributed by atoms with Crippen LogP contribution in [0.25, 0.3) is 0 Å². The van der Waals surface area contributed by atoms with Gasteiger partial charge < -0.3 is 14.7 Å². The third kappa shape index (κ3) is 8.14. The summed E-state index contributed by atoms with van der Waals surface area (Å²) in [6.07, 6.45) is -9.50. The van der Waals surface area contributed by atoms with Crippen molar-refractivity contribution in [3.05, 3.63) is 65.0 Å². The second-order valence-corrected chi connectivity index (χ2v) is 13.4. The lowest BCUT2D eigenvalue weighted by Gasteiger charge is -2.36. The SMILES string of the molecule is CN(C(=O)N(C)C1CN(C(=O)C2CCC(C(=O)N3CCC(F)(F)CC3)CC2)CC1c1ccc(F)cc1)c1cc(C(F)(F)F)cc(C(F)(F)F)c1. The minimum absolute atomic E-state index is 0.0196. The monoisotopic (exact) mass is 720 g/mol. The Hall–Kier alpha value is -3.98. The number of halogens is 9. The zero-order chi connectivity index (χ0) is 36.8. The molecule has 0 radical (unpaired) electrons. The molecule has 2 atom stereocenters. The molecule has 5 rings (SSSR count). The zero-order valence-corrected chi connectivity index (χ0v) is 27.3. The van der Waals surface area contributed by atoms with Crippen LogP contribution in [0.1, 0.15) is 61.1 Å². The molecule has 3 aliphatic rings. The highest BCUT2D eigenvalue weighted by atomic mass is 19.4. The molecule has 3 fully saturated rings. The lowest BCUT2D eigenvalue weighted by atomic mass is 9.80. The second-order valence-electron chi connectivity index (χ2n) is 13.4. The number of urea groups is 1. The second kappa shape index (κ2) is 14.0. The van der Waals surface area contributed by atoms with Crippen LogP contribution in [0, 0.1) is 17.7 Å². The maximum atomic E-state index is 13.8. The lowest BCUT2D eigenvalue weighted by Crippen LogP contribution is -2.48. The molecule has 274 valence electrons. The Labute approximate surface area is 283 Å². The standard InChI is InChI=1S/C34H37F9N4O3/c1-44(26-16-23(33(38,39)40)15-24(17-26)34(41,42)43)31(50)45(2)28-19-47(18-27(28)20-7-9-25(35)10-8-20)30(49)22-5-3-21(4-6-22)29(48)46-13-11-32(36,37)12-14-46/h7-10,15-17,21-22,27-28H,3-6,11-14,18-19H2,1-2H3. The van der Waals surface area contributed by atoms with Gasteiger partial charge in [-0.2, -0.15) is 26.3 Å². The third-order valence-corrected chi connectivity index (χ3v) is 10.2. The summed E-state index contributed by atoms with van der Waals surface area (Å²) < 4.78 is 122. The Morgan fingerprint density at radius 3 is 1.70 bits per heavy atom. The molecule has 2 aliphatic heterocycles. The minimum atomic E-state index is -5.12. The number of alkyl halides is 8. The van der Waals surface area contributed by atoms with E-state index in [1.807, 2.05) is 0 Å². The quantitative estimate of drug-likeness (QED) is 0.303. The van der Waals surface area contributed by atoms with Crippen molar-refractivity contribution in [3.8, 4) is 0 Å². The van der Waals surface area contributed by atoms with Crippen molar-refractivity contribution in [1.29, 1.82) is 0 Å². The van der Waals surface area contributed by atoms with Crippen molar-refractivity contribution in [2.75, 3.05) is 45.2 Å². The van der Waals surface area contributed by atoms with E-state index in [1.54, 1.807) is 0 Å². The van der Waals surface area contributed by atoms with Gasteiger partial charge in [0.25, 0.3) is 5.92 Å². The van der Waals surface area contributed by atoms with Gasteiger partial charge in [-0.05, 0) is 61.6 Å². The van der Waals surface area contributed by atoms with E-state index in [9.17, 15) is 53.9 Å². The number of anilines is 1. The average molecular weight is 721 g/mol. The van der Waals surface area contributed by atoms with Crippen molar-refractivity contribution in [2.24, 2.45) is 11.8 Å². The van der Waals surface area contributed by atoms with Gasteiger partial charge in [0, 0.05) is 76.6 Å². The molecule has 2 aromatic rings. The third-order valence-electron chi connectivity index (χ3n) is 10.2. The first-order chi connectivity index (χ1) is 23.2. The molecule has 1 aliphatic carbocycles. The summed E-state index contributed by atoms with van der Waals surface area (Å²) in [5, 5.41) is 0. The van der Waals surface area contributed by atoms with E-state index in [-0.39, 0.29) is 56.9 Å². The Bertz CT molecular complexity index is 1530. The summed E-state index contributed by atoms with van der Waals surface area (Å²) in [5.41, 5.74) is -3.24. The molecule has 4 amide bonds. The smallest absolute Gasteiger partial charge is 0.342 e. The Morgan fingerprint density at radius 2 is 1.22 bits per heavy atom. The molecule has 16 heteroatoms. The number of carbonyl (C=O) groups is 3. The molecule has 1 saturated carbocycles. The van der Waals surface area contributed by atoms with Crippen molar-refractivity contribution in [1.82, 2.24) is 14.7 Å². The van der Waals surface area contributed by atoms with Gasteiger partial charge in [0.15, 0.2) is 0 Å². The molecule has 0 N–H and O–H groups in total. The van der Waals surface area contributed by atoms with Crippen LogP contribution in [0.3, 0.4) is 0 Å². The largest absolute Gasteiger partial charge is 0.416 e. The number of hydrogen-bond donors (Lipinski definition) is 0. The summed E-state index contributed by atoms with van der Waals surface area (Å²) in [5.74, 6) is -5.20. The van der Waals surface area contributed by atoms with Crippen molar-refractivity contribution in [2.45, 2.75) is 68.8 Å². The number of amides is 4. The molecule has 2 unspecified atom stereocenters. The van der Waals surface area contributed by atoms with E-state index in [4.69, 9.17) is 0 Å². The highest BCUT2D eigenvalue weighted by Crippen LogP contribution is 2.40. The van der Waals surface area contributed by atoms with E-state index < -0.39 is 70.7 Å². The summed E-state index contributed by atoms with van der Waals surface area (Å²) in [6, 6.07) is 4.52. The van der Waals surface area contributed by atoms with Crippen LogP contribution in [0.15, 0.2) is 42.5 Å². The van der Waals surface area contributed by atoms with E-state index in [0.717, 1.165) is 11.9 Å². The predicted octanol–water partition coefficient (Wildman–Crippen LogP) is 7.41. The fraction of sp³-hybridized carbons (Fsp3) is 0.559. The number of rotatable bonds is 5. The highest BCUT2D eigenvalue weighted by molar-refractivity contribution is 5.92. The molecular formula is C34H37F9N4O3.